The van der Waals surface area contributed by atoms with Crippen LogP contribution in [0.15, 0.2) is 30.3 Å². The first kappa shape index (κ1) is 11.2. The number of hydrogen-bond acceptors (Lipinski definition) is 3. The van der Waals surface area contributed by atoms with Gasteiger partial charge in [0.1, 0.15) is 12.3 Å². The Bertz CT molecular complexity index is 348. The Hall–Kier alpha value is -0.900. The maximum absolute atomic E-state index is 6.00. The molecular weight excluding hydrogens is 214 g/mol. The fraction of sp³-hybridized carbons (Fsp3) is 0.571. The molecule has 0 aromatic heterocycles. The standard InChI is InChI=1S/C14H19NO2/c1-2-6-12(7-3-1)13-9-10-15(17-13)14-8-4-5-11-16-14/h1-3,6-7,13-14H,4-5,8-11H2. The van der Waals surface area contributed by atoms with Gasteiger partial charge in [0.05, 0.1) is 0 Å². The van der Waals surface area contributed by atoms with Crippen molar-refractivity contribution in [3.05, 3.63) is 35.9 Å². The van der Waals surface area contributed by atoms with Crippen LogP contribution in [0.25, 0.3) is 0 Å². The van der Waals surface area contributed by atoms with Crippen molar-refractivity contribution in [2.24, 2.45) is 0 Å². The fourth-order valence-corrected chi connectivity index (χ4v) is 2.57. The van der Waals surface area contributed by atoms with Crippen LogP contribution in [-0.4, -0.2) is 24.4 Å². The lowest BCUT2D eigenvalue weighted by molar-refractivity contribution is -0.250. The third-order valence-corrected chi connectivity index (χ3v) is 3.52. The SMILES string of the molecule is c1ccc(C2CCN(C3CCCCO3)O2)cc1. The summed E-state index contributed by atoms with van der Waals surface area (Å²) in [6, 6.07) is 10.4. The largest absolute Gasteiger partial charge is 0.361 e. The van der Waals surface area contributed by atoms with E-state index in [-0.39, 0.29) is 12.3 Å². The van der Waals surface area contributed by atoms with Crippen molar-refractivity contribution in [1.29, 1.82) is 0 Å². The summed E-state index contributed by atoms with van der Waals surface area (Å²) < 4.78 is 5.75. The van der Waals surface area contributed by atoms with Gasteiger partial charge in [-0.3, -0.25) is 4.84 Å². The molecule has 2 heterocycles. The van der Waals surface area contributed by atoms with E-state index in [0.29, 0.717) is 0 Å². The minimum absolute atomic E-state index is 0.178. The zero-order chi connectivity index (χ0) is 11.5. The molecule has 2 unspecified atom stereocenters. The summed E-state index contributed by atoms with van der Waals surface area (Å²) in [5, 5.41) is 2.04. The molecule has 2 atom stereocenters. The summed E-state index contributed by atoms with van der Waals surface area (Å²) in [6.07, 6.45) is 4.98. The van der Waals surface area contributed by atoms with Crippen LogP contribution in [0.3, 0.4) is 0 Å². The Morgan fingerprint density at radius 2 is 1.94 bits per heavy atom. The van der Waals surface area contributed by atoms with Crippen LogP contribution in [0.2, 0.25) is 0 Å². The van der Waals surface area contributed by atoms with Gasteiger partial charge in [0.2, 0.25) is 0 Å². The van der Waals surface area contributed by atoms with Gasteiger partial charge in [0, 0.05) is 13.2 Å². The molecule has 2 aliphatic heterocycles. The van der Waals surface area contributed by atoms with Gasteiger partial charge < -0.3 is 4.74 Å². The molecule has 92 valence electrons. The second-order valence-corrected chi connectivity index (χ2v) is 4.76. The molecule has 0 N–H and O–H groups in total. The summed E-state index contributed by atoms with van der Waals surface area (Å²) in [6.45, 7) is 1.85. The lowest BCUT2D eigenvalue weighted by atomic mass is 10.1. The Morgan fingerprint density at radius 3 is 2.71 bits per heavy atom. The van der Waals surface area contributed by atoms with Crippen molar-refractivity contribution >= 4 is 0 Å². The molecule has 0 aliphatic carbocycles. The first-order valence-electron chi connectivity index (χ1n) is 6.53. The average molecular weight is 233 g/mol. The van der Waals surface area contributed by atoms with E-state index in [1.54, 1.807) is 0 Å². The van der Waals surface area contributed by atoms with Crippen LogP contribution < -0.4 is 0 Å². The number of benzene rings is 1. The highest BCUT2D eigenvalue weighted by molar-refractivity contribution is 5.17. The van der Waals surface area contributed by atoms with Crippen LogP contribution >= 0.6 is 0 Å². The smallest absolute Gasteiger partial charge is 0.133 e. The molecule has 0 bridgehead atoms. The van der Waals surface area contributed by atoms with Crippen molar-refractivity contribution in [3.8, 4) is 0 Å². The van der Waals surface area contributed by atoms with E-state index in [1.807, 2.05) is 11.1 Å². The monoisotopic (exact) mass is 233 g/mol. The van der Waals surface area contributed by atoms with Gasteiger partial charge in [-0.2, -0.15) is 5.06 Å². The van der Waals surface area contributed by atoms with E-state index in [2.05, 4.69) is 24.3 Å². The van der Waals surface area contributed by atoms with Crippen molar-refractivity contribution in [1.82, 2.24) is 5.06 Å². The van der Waals surface area contributed by atoms with E-state index in [0.717, 1.165) is 26.0 Å². The topological polar surface area (TPSA) is 21.7 Å². The fourth-order valence-electron chi connectivity index (χ4n) is 2.57. The summed E-state index contributed by atoms with van der Waals surface area (Å²) in [4.78, 5) is 6.00. The first-order chi connectivity index (χ1) is 8.43. The van der Waals surface area contributed by atoms with Crippen molar-refractivity contribution in [3.63, 3.8) is 0 Å². The Morgan fingerprint density at radius 1 is 1.06 bits per heavy atom. The summed E-state index contributed by atoms with van der Waals surface area (Å²) in [5.74, 6) is 0. The second-order valence-electron chi connectivity index (χ2n) is 4.76. The molecule has 3 rings (SSSR count). The van der Waals surface area contributed by atoms with Gasteiger partial charge in [0.25, 0.3) is 0 Å². The van der Waals surface area contributed by atoms with Crippen molar-refractivity contribution < 1.29 is 9.57 Å². The molecule has 2 saturated heterocycles. The maximum Gasteiger partial charge on any atom is 0.133 e. The molecule has 0 radical (unpaired) electrons. The summed E-state index contributed by atoms with van der Waals surface area (Å²) in [7, 11) is 0. The Balaban J connectivity index is 1.61. The van der Waals surface area contributed by atoms with Crippen LogP contribution in [0, 0.1) is 0 Å². The van der Waals surface area contributed by atoms with Crippen LogP contribution in [0.4, 0.5) is 0 Å². The van der Waals surface area contributed by atoms with Gasteiger partial charge in [-0.1, -0.05) is 30.3 Å². The lowest BCUT2D eigenvalue weighted by Crippen LogP contribution is -2.36. The van der Waals surface area contributed by atoms with Crippen LogP contribution in [0.5, 0.6) is 0 Å². The zero-order valence-corrected chi connectivity index (χ0v) is 10.0. The molecule has 1 aromatic carbocycles. The molecule has 1 aromatic rings. The number of nitrogens with zero attached hydrogens (tertiary/aromatic N) is 1. The highest BCUT2D eigenvalue weighted by Crippen LogP contribution is 2.31. The van der Waals surface area contributed by atoms with Crippen LogP contribution in [-0.2, 0) is 9.57 Å². The van der Waals surface area contributed by atoms with Gasteiger partial charge in [0.15, 0.2) is 0 Å². The highest BCUT2D eigenvalue weighted by Gasteiger charge is 2.31. The van der Waals surface area contributed by atoms with Gasteiger partial charge in [-0.25, -0.2) is 0 Å². The highest BCUT2D eigenvalue weighted by atomic mass is 16.7. The predicted octanol–water partition coefficient (Wildman–Crippen LogP) is 2.89. The third kappa shape index (κ3) is 2.51. The predicted molar refractivity (Wildman–Crippen MR) is 65.2 cm³/mol. The zero-order valence-electron chi connectivity index (χ0n) is 10.0. The Labute approximate surface area is 102 Å². The van der Waals surface area contributed by atoms with E-state index >= 15 is 0 Å². The maximum atomic E-state index is 6.00. The summed E-state index contributed by atoms with van der Waals surface area (Å²) >= 11 is 0. The van der Waals surface area contributed by atoms with Gasteiger partial charge in [-0.15, -0.1) is 0 Å². The number of hydroxylamine groups is 2. The summed E-state index contributed by atoms with van der Waals surface area (Å²) in [5.41, 5.74) is 1.27. The molecular formula is C14H19NO2. The number of rotatable bonds is 2. The van der Waals surface area contributed by atoms with E-state index in [9.17, 15) is 0 Å². The van der Waals surface area contributed by atoms with E-state index < -0.39 is 0 Å². The second kappa shape index (κ2) is 5.17. The number of ether oxygens (including phenoxy) is 1. The quantitative estimate of drug-likeness (QED) is 0.784. The molecule has 0 amide bonds. The molecule has 0 saturated carbocycles. The minimum Gasteiger partial charge on any atom is -0.361 e. The number of hydrogen-bond donors (Lipinski definition) is 0. The average Bonchev–Trinajstić information content (AvgIpc) is 2.90. The first-order valence-corrected chi connectivity index (χ1v) is 6.53. The van der Waals surface area contributed by atoms with Crippen LogP contribution in [0.1, 0.15) is 37.4 Å². The lowest BCUT2D eigenvalue weighted by Gasteiger charge is -2.30. The van der Waals surface area contributed by atoms with E-state index in [4.69, 9.17) is 9.57 Å². The minimum atomic E-state index is 0.178. The normalized spacial score (nSPS) is 30.6. The van der Waals surface area contributed by atoms with Crippen molar-refractivity contribution in [2.75, 3.05) is 13.2 Å². The van der Waals surface area contributed by atoms with Gasteiger partial charge in [-0.05, 0) is 31.2 Å². The molecule has 3 nitrogen and oxygen atoms in total. The third-order valence-electron chi connectivity index (χ3n) is 3.52. The van der Waals surface area contributed by atoms with E-state index in [1.165, 1.54) is 18.4 Å². The molecule has 2 aliphatic rings. The molecule has 3 heteroatoms. The molecule has 17 heavy (non-hydrogen) atoms. The van der Waals surface area contributed by atoms with Crippen molar-refractivity contribution in [2.45, 2.75) is 38.0 Å². The van der Waals surface area contributed by atoms with Gasteiger partial charge >= 0.3 is 0 Å². The Kier molecular flexibility index (Phi) is 3.41. The molecule has 0 spiro atoms. The molecule has 2 fully saturated rings.